The van der Waals surface area contributed by atoms with Crippen molar-refractivity contribution in [1.82, 2.24) is 10.4 Å². The zero-order valence-corrected chi connectivity index (χ0v) is 12.4. The molecular weight excluding hydrogens is 285 g/mol. The topological polar surface area (TPSA) is 36.8 Å². The second-order valence-corrected chi connectivity index (χ2v) is 5.72. The summed E-state index contributed by atoms with van der Waals surface area (Å²) in [5.41, 5.74) is 3.79. The first-order chi connectivity index (χ1) is 9.04. The molecule has 0 aliphatic carbocycles. The van der Waals surface area contributed by atoms with Gasteiger partial charge >= 0.3 is 0 Å². The molecule has 0 spiro atoms. The standard InChI is InChI=1S/C13H17Cl2N3O/c1-17-4-6-18(7-5-17)16-13(19)9-10-2-3-11(14)12(15)8-10/h2-3,8H,4-7,9H2,1H3,(H,16,19)/p+1. The van der Waals surface area contributed by atoms with Gasteiger partial charge in [-0.2, -0.15) is 0 Å². The minimum absolute atomic E-state index is 0.0158. The molecule has 1 heterocycles. The molecule has 1 saturated heterocycles. The zero-order chi connectivity index (χ0) is 13.8. The van der Waals surface area contributed by atoms with E-state index in [-0.39, 0.29) is 5.91 Å². The molecule has 0 aromatic heterocycles. The Bertz CT molecular complexity index is 459. The van der Waals surface area contributed by atoms with Crippen LogP contribution in [0.4, 0.5) is 0 Å². The summed E-state index contributed by atoms with van der Waals surface area (Å²) in [6, 6.07) is 5.27. The lowest BCUT2D eigenvalue weighted by Gasteiger charge is -2.30. The van der Waals surface area contributed by atoms with Crippen LogP contribution in [0.1, 0.15) is 5.56 Å². The Morgan fingerprint density at radius 1 is 1.32 bits per heavy atom. The van der Waals surface area contributed by atoms with Crippen molar-refractivity contribution in [2.24, 2.45) is 0 Å². The van der Waals surface area contributed by atoms with Crippen LogP contribution in [0.25, 0.3) is 0 Å². The van der Waals surface area contributed by atoms with E-state index in [4.69, 9.17) is 23.2 Å². The number of quaternary nitrogens is 1. The second-order valence-electron chi connectivity index (χ2n) is 4.90. The minimum atomic E-state index is -0.0158. The van der Waals surface area contributed by atoms with Crippen molar-refractivity contribution in [1.29, 1.82) is 0 Å². The molecule has 104 valence electrons. The number of carbonyl (C=O) groups excluding carboxylic acids is 1. The number of halogens is 2. The number of carbonyl (C=O) groups is 1. The molecule has 1 amide bonds. The summed E-state index contributed by atoms with van der Waals surface area (Å²) in [6.45, 7) is 3.87. The van der Waals surface area contributed by atoms with E-state index in [0.29, 0.717) is 16.5 Å². The normalized spacial score (nSPS) is 17.4. The van der Waals surface area contributed by atoms with Gasteiger partial charge in [-0.1, -0.05) is 29.3 Å². The summed E-state index contributed by atoms with van der Waals surface area (Å²) in [7, 11) is 2.16. The largest absolute Gasteiger partial charge is 0.335 e. The lowest BCUT2D eigenvalue weighted by Crippen LogP contribution is -3.12. The highest BCUT2D eigenvalue weighted by atomic mass is 35.5. The van der Waals surface area contributed by atoms with Crippen molar-refractivity contribution >= 4 is 29.1 Å². The Balaban J connectivity index is 1.85. The number of hydrazine groups is 1. The molecule has 0 saturated carbocycles. The molecule has 19 heavy (non-hydrogen) atoms. The van der Waals surface area contributed by atoms with Crippen LogP contribution < -0.4 is 10.3 Å². The molecule has 0 bridgehead atoms. The van der Waals surface area contributed by atoms with Crippen LogP contribution in [0.15, 0.2) is 18.2 Å². The molecule has 1 aliphatic heterocycles. The fraction of sp³-hybridized carbons (Fsp3) is 0.462. The van der Waals surface area contributed by atoms with Crippen LogP contribution in [0.5, 0.6) is 0 Å². The Morgan fingerprint density at radius 2 is 2.00 bits per heavy atom. The Labute approximate surface area is 123 Å². The van der Waals surface area contributed by atoms with Crippen molar-refractivity contribution in [3.8, 4) is 0 Å². The molecule has 0 unspecified atom stereocenters. The van der Waals surface area contributed by atoms with Gasteiger partial charge in [-0.25, -0.2) is 5.01 Å². The summed E-state index contributed by atoms with van der Waals surface area (Å²) in [6.07, 6.45) is 0.316. The van der Waals surface area contributed by atoms with Gasteiger partial charge in [0.25, 0.3) is 0 Å². The van der Waals surface area contributed by atoms with E-state index in [1.807, 2.05) is 11.1 Å². The number of likely N-dealkylation sites (N-methyl/N-ethyl adjacent to an activating group) is 1. The van der Waals surface area contributed by atoms with Crippen LogP contribution in [0, 0.1) is 0 Å². The number of benzene rings is 1. The van der Waals surface area contributed by atoms with E-state index < -0.39 is 0 Å². The van der Waals surface area contributed by atoms with Gasteiger partial charge in [-0.15, -0.1) is 0 Å². The maximum atomic E-state index is 11.9. The molecule has 4 nitrogen and oxygen atoms in total. The van der Waals surface area contributed by atoms with Gasteiger partial charge in [0, 0.05) is 0 Å². The van der Waals surface area contributed by atoms with E-state index in [1.165, 1.54) is 4.90 Å². The molecule has 6 heteroatoms. The van der Waals surface area contributed by atoms with Crippen LogP contribution in [0.3, 0.4) is 0 Å². The zero-order valence-electron chi connectivity index (χ0n) is 10.9. The summed E-state index contributed by atoms with van der Waals surface area (Å²) in [5, 5.41) is 2.97. The summed E-state index contributed by atoms with van der Waals surface area (Å²) in [4.78, 5) is 13.4. The molecule has 2 rings (SSSR count). The van der Waals surface area contributed by atoms with Crippen LogP contribution in [0.2, 0.25) is 10.0 Å². The fourth-order valence-corrected chi connectivity index (χ4v) is 2.37. The summed E-state index contributed by atoms with van der Waals surface area (Å²) >= 11 is 11.8. The highest BCUT2D eigenvalue weighted by Gasteiger charge is 2.18. The van der Waals surface area contributed by atoms with Crippen molar-refractivity contribution in [2.75, 3.05) is 33.2 Å². The van der Waals surface area contributed by atoms with E-state index in [1.54, 1.807) is 12.1 Å². The number of hydrogen-bond donors (Lipinski definition) is 2. The molecule has 0 radical (unpaired) electrons. The van der Waals surface area contributed by atoms with E-state index in [2.05, 4.69) is 12.5 Å². The van der Waals surface area contributed by atoms with E-state index in [0.717, 1.165) is 31.7 Å². The van der Waals surface area contributed by atoms with Gasteiger partial charge < -0.3 is 4.90 Å². The molecular formula is C13H18Cl2N3O+. The first-order valence-electron chi connectivity index (χ1n) is 6.34. The number of hydrogen-bond acceptors (Lipinski definition) is 2. The van der Waals surface area contributed by atoms with Crippen molar-refractivity contribution in [3.05, 3.63) is 33.8 Å². The van der Waals surface area contributed by atoms with Crippen LogP contribution in [-0.2, 0) is 11.2 Å². The average molecular weight is 303 g/mol. The maximum absolute atomic E-state index is 11.9. The van der Waals surface area contributed by atoms with E-state index in [9.17, 15) is 4.79 Å². The minimum Gasteiger partial charge on any atom is -0.335 e. The number of nitrogens with one attached hydrogen (secondary N) is 2. The van der Waals surface area contributed by atoms with Crippen molar-refractivity contribution in [3.63, 3.8) is 0 Å². The molecule has 1 aliphatic rings. The smallest absolute Gasteiger partial charge is 0.238 e. The molecule has 1 fully saturated rings. The molecule has 2 N–H and O–H groups in total. The van der Waals surface area contributed by atoms with Gasteiger partial charge in [-0.05, 0) is 17.7 Å². The predicted molar refractivity (Wildman–Crippen MR) is 76.5 cm³/mol. The third kappa shape index (κ3) is 4.35. The number of rotatable bonds is 3. The Hall–Kier alpha value is -0.810. The third-order valence-electron chi connectivity index (χ3n) is 3.25. The third-order valence-corrected chi connectivity index (χ3v) is 3.99. The Kier molecular flexibility index (Phi) is 5.05. The number of amides is 1. The highest BCUT2D eigenvalue weighted by Crippen LogP contribution is 2.22. The van der Waals surface area contributed by atoms with Gasteiger partial charge in [-0.3, -0.25) is 10.2 Å². The monoisotopic (exact) mass is 302 g/mol. The second kappa shape index (κ2) is 6.57. The lowest BCUT2D eigenvalue weighted by molar-refractivity contribution is -0.884. The summed E-state index contributed by atoms with van der Waals surface area (Å²) in [5.74, 6) is -0.0158. The van der Waals surface area contributed by atoms with Crippen molar-refractivity contribution in [2.45, 2.75) is 6.42 Å². The van der Waals surface area contributed by atoms with Crippen LogP contribution in [-0.4, -0.2) is 44.1 Å². The van der Waals surface area contributed by atoms with Gasteiger partial charge in [0.05, 0.1) is 49.7 Å². The molecule has 1 aromatic carbocycles. The quantitative estimate of drug-likeness (QED) is 0.848. The first-order valence-corrected chi connectivity index (χ1v) is 7.10. The van der Waals surface area contributed by atoms with Crippen molar-refractivity contribution < 1.29 is 9.69 Å². The SMILES string of the molecule is C[NH+]1CCN(NC(=O)Cc2ccc(Cl)c(Cl)c2)CC1. The van der Waals surface area contributed by atoms with Gasteiger partial charge in [0.2, 0.25) is 5.91 Å². The summed E-state index contributed by atoms with van der Waals surface area (Å²) < 4.78 is 0. The predicted octanol–water partition coefficient (Wildman–Crippen LogP) is 0.397. The van der Waals surface area contributed by atoms with Crippen LogP contribution >= 0.6 is 23.2 Å². The van der Waals surface area contributed by atoms with Gasteiger partial charge in [0.1, 0.15) is 0 Å². The lowest BCUT2D eigenvalue weighted by atomic mass is 10.1. The molecule has 1 aromatic rings. The average Bonchev–Trinajstić information content (AvgIpc) is 2.37. The maximum Gasteiger partial charge on any atom is 0.238 e. The first kappa shape index (κ1) is 14.6. The van der Waals surface area contributed by atoms with Gasteiger partial charge in [0.15, 0.2) is 0 Å². The fourth-order valence-electron chi connectivity index (χ4n) is 2.05. The molecule has 0 atom stereocenters. The highest BCUT2D eigenvalue weighted by molar-refractivity contribution is 6.42. The van der Waals surface area contributed by atoms with E-state index >= 15 is 0 Å². The Morgan fingerprint density at radius 3 is 2.63 bits per heavy atom. The number of piperazine rings is 1. The number of nitrogens with zero attached hydrogens (tertiary/aromatic N) is 1.